The van der Waals surface area contributed by atoms with E-state index in [1.807, 2.05) is 38.1 Å². The Morgan fingerprint density at radius 1 is 1.39 bits per heavy atom. The maximum atomic E-state index is 12.3. The number of benzene rings is 1. The Morgan fingerprint density at radius 2 is 1.94 bits per heavy atom. The summed E-state index contributed by atoms with van der Waals surface area (Å²) in [5.41, 5.74) is 7.68. The molecule has 0 fully saturated rings. The molecule has 18 heavy (non-hydrogen) atoms. The minimum Gasteiger partial charge on any atom is -0.393 e. The predicted octanol–water partition coefficient (Wildman–Crippen LogP) is 2.66. The molecule has 0 bridgehead atoms. The van der Waals surface area contributed by atoms with Gasteiger partial charge in [-0.25, -0.2) is 0 Å². The van der Waals surface area contributed by atoms with Crippen molar-refractivity contribution in [1.82, 2.24) is 0 Å². The van der Waals surface area contributed by atoms with Gasteiger partial charge in [0.15, 0.2) is 0 Å². The number of hydrogen-bond acceptors (Lipinski definition) is 2. The third-order valence-electron chi connectivity index (χ3n) is 2.97. The highest BCUT2D eigenvalue weighted by Crippen LogP contribution is 2.18. The quantitative estimate of drug-likeness (QED) is 0.832. The monoisotopic (exact) mass is 264 g/mol. The summed E-state index contributed by atoms with van der Waals surface area (Å²) in [6.07, 6.45) is 1.58. The van der Waals surface area contributed by atoms with Crippen molar-refractivity contribution >= 4 is 28.8 Å². The zero-order valence-corrected chi connectivity index (χ0v) is 12.0. The zero-order chi connectivity index (χ0) is 13.7. The Hall–Kier alpha value is -1.42. The van der Waals surface area contributed by atoms with Gasteiger partial charge in [-0.1, -0.05) is 43.3 Å². The second-order valence-corrected chi connectivity index (χ2v) is 4.95. The summed E-state index contributed by atoms with van der Waals surface area (Å²) in [5.74, 6) is -0.399. The number of amides is 1. The van der Waals surface area contributed by atoms with Crippen LogP contribution in [0.4, 0.5) is 5.69 Å². The van der Waals surface area contributed by atoms with Crippen molar-refractivity contribution in [2.24, 2.45) is 11.7 Å². The van der Waals surface area contributed by atoms with Crippen LogP contribution in [0.3, 0.4) is 0 Å². The van der Waals surface area contributed by atoms with Gasteiger partial charge in [0, 0.05) is 12.7 Å². The van der Waals surface area contributed by atoms with Crippen LogP contribution in [0.25, 0.3) is 0 Å². The molecule has 98 valence electrons. The summed E-state index contributed by atoms with van der Waals surface area (Å²) in [7, 11) is 1.76. The number of aryl methyl sites for hydroxylation is 1. The molecule has 4 heteroatoms. The van der Waals surface area contributed by atoms with E-state index in [9.17, 15) is 4.79 Å². The van der Waals surface area contributed by atoms with E-state index >= 15 is 0 Å². The lowest BCUT2D eigenvalue weighted by Gasteiger charge is -2.23. The SMILES string of the molecule is CCCC(C(=O)N(C)c1ccc(C)cc1)C(N)=S. The zero-order valence-electron chi connectivity index (χ0n) is 11.1. The molecule has 0 spiro atoms. The van der Waals surface area contributed by atoms with Crippen molar-refractivity contribution in [1.29, 1.82) is 0 Å². The Morgan fingerprint density at radius 3 is 2.39 bits per heavy atom. The minimum atomic E-state index is -0.365. The van der Waals surface area contributed by atoms with Crippen LogP contribution in [-0.4, -0.2) is 17.9 Å². The average Bonchev–Trinajstić information content (AvgIpc) is 2.35. The van der Waals surface area contributed by atoms with E-state index in [1.165, 1.54) is 5.56 Å². The van der Waals surface area contributed by atoms with E-state index in [0.717, 1.165) is 12.1 Å². The molecule has 0 aromatic heterocycles. The fourth-order valence-corrected chi connectivity index (χ4v) is 2.02. The van der Waals surface area contributed by atoms with Gasteiger partial charge in [0.05, 0.1) is 10.9 Å². The topological polar surface area (TPSA) is 46.3 Å². The van der Waals surface area contributed by atoms with Gasteiger partial charge < -0.3 is 10.6 Å². The fraction of sp³-hybridized carbons (Fsp3) is 0.429. The van der Waals surface area contributed by atoms with Gasteiger partial charge in [0.1, 0.15) is 0 Å². The highest BCUT2D eigenvalue weighted by molar-refractivity contribution is 7.80. The smallest absolute Gasteiger partial charge is 0.236 e. The van der Waals surface area contributed by atoms with Crippen LogP contribution in [0.5, 0.6) is 0 Å². The summed E-state index contributed by atoms with van der Waals surface area (Å²) >= 11 is 4.98. The van der Waals surface area contributed by atoms with Crippen LogP contribution >= 0.6 is 12.2 Å². The molecule has 0 heterocycles. The maximum absolute atomic E-state index is 12.3. The first-order valence-electron chi connectivity index (χ1n) is 6.11. The average molecular weight is 264 g/mol. The van der Waals surface area contributed by atoms with Crippen LogP contribution < -0.4 is 10.6 Å². The van der Waals surface area contributed by atoms with Crippen molar-refractivity contribution in [2.75, 3.05) is 11.9 Å². The minimum absolute atomic E-state index is 0.0341. The first kappa shape index (κ1) is 14.6. The number of anilines is 1. The summed E-state index contributed by atoms with van der Waals surface area (Å²) < 4.78 is 0. The molecule has 0 saturated heterocycles. The number of nitrogens with zero attached hydrogens (tertiary/aromatic N) is 1. The van der Waals surface area contributed by atoms with E-state index in [4.69, 9.17) is 18.0 Å². The van der Waals surface area contributed by atoms with Crippen LogP contribution in [-0.2, 0) is 4.79 Å². The molecule has 1 aromatic carbocycles. The van der Waals surface area contributed by atoms with Crippen molar-refractivity contribution in [3.8, 4) is 0 Å². The Kier molecular flexibility index (Phi) is 5.28. The largest absolute Gasteiger partial charge is 0.393 e. The number of rotatable bonds is 5. The first-order valence-corrected chi connectivity index (χ1v) is 6.51. The van der Waals surface area contributed by atoms with Gasteiger partial charge in [-0.15, -0.1) is 0 Å². The molecule has 1 rings (SSSR count). The lowest BCUT2D eigenvalue weighted by molar-refractivity contribution is -0.120. The standard InChI is InChI=1S/C14H20N2OS/c1-4-5-12(13(15)18)14(17)16(3)11-8-6-10(2)7-9-11/h6-9,12H,4-5H2,1-3H3,(H2,15,18). The van der Waals surface area contributed by atoms with Crippen molar-refractivity contribution in [2.45, 2.75) is 26.7 Å². The van der Waals surface area contributed by atoms with Crippen LogP contribution in [0, 0.1) is 12.8 Å². The molecule has 1 aromatic rings. The van der Waals surface area contributed by atoms with E-state index in [1.54, 1.807) is 11.9 Å². The number of nitrogens with two attached hydrogens (primary N) is 1. The molecule has 0 aliphatic carbocycles. The third kappa shape index (κ3) is 3.53. The molecular formula is C14H20N2OS. The molecule has 0 aliphatic heterocycles. The molecule has 3 nitrogen and oxygen atoms in total. The summed E-state index contributed by atoms with van der Waals surface area (Å²) in [5, 5.41) is 0. The second-order valence-electron chi connectivity index (χ2n) is 4.48. The van der Waals surface area contributed by atoms with Crippen LogP contribution in [0.1, 0.15) is 25.3 Å². The summed E-state index contributed by atoms with van der Waals surface area (Å²) in [4.78, 5) is 14.2. The van der Waals surface area contributed by atoms with Gasteiger partial charge >= 0.3 is 0 Å². The van der Waals surface area contributed by atoms with Gasteiger partial charge in [-0.05, 0) is 25.5 Å². The van der Waals surface area contributed by atoms with E-state index < -0.39 is 0 Å². The maximum Gasteiger partial charge on any atom is 0.236 e. The van der Waals surface area contributed by atoms with Gasteiger partial charge in [0.25, 0.3) is 0 Å². The molecule has 0 aliphatic rings. The molecule has 0 radical (unpaired) electrons. The third-order valence-corrected chi connectivity index (χ3v) is 3.26. The van der Waals surface area contributed by atoms with Crippen molar-refractivity contribution in [3.05, 3.63) is 29.8 Å². The predicted molar refractivity (Wildman–Crippen MR) is 79.8 cm³/mol. The summed E-state index contributed by atoms with van der Waals surface area (Å²) in [6, 6.07) is 7.81. The van der Waals surface area contributed by atoms with Crippen LogP contribution in [0.15, 0.2) is 24.3 Å². The molecule has 0 saturated carbocycles. The molecule has 1 atom stereocenters. The fourth-order valence-electron chi connectivity index (χ4n) is 1.81. The molecule has 1 unspecified atom stereocenters. The highest BCUT2D eigenvalue weighted by Gasteiger charge is 2.24. The molecular weight excluding hydrogens is 244 g/mol. The second kappa shape index (κ2) is 6.50. The Bertz CT molecular complexity index is 428. The first-order chi connectivity index (χ1) is 8.47. The van der Waals surface area contributed by atoms with E-state index in [2.05, 4.69) is 0 Å². The van der Waals surface area contributed by atoms with Gasteiger partial charge in [-0.2, -0.15) is 0 Å². The van der Waals surface area contributed by atoms with Crippen molar-refractivity contribution in [3.63, 3.8) is 0 Å². The lowest BCUT2D eigenvalue weighted by Crippen LogP contribution is -2.39. The van der Waals surface area contributed by atoms with Gasteiger partial charge in [0.2, 0.25) is 5.91 Å². The lowest BCUT2D eigenvalue weighted by atomic mass is 10.0. The Labute approximate surface area is 114 Å². The summed E-state index contributed by atoms with van der Waals surface area (Å²) in [6.45, 7) is 4.03. The molecule has 2 N–H and O–H groups in total. The van der Waals surface area contributed by atoms with E-state index in [-0.39, 0.29) is 16.8 Å². The molecule has 1 amide bonds. The van der Waals surface area contributed by atoms with Gasteiger partial charge in [-0.3, -0.25) is 4.79 Å². The number of thiocarbonyl (C=S) groups is 1. The Balaban J connectivity index is 2.87. The number of carbonyl (C=O) groups excluding carboxylic acids is 1. The number of hydrogen-bond donors (Lipinski definition) is 1. The number of carbonyl (C=O) groups is 1. The van der Waals surface area contributed by atoms with E-state index in [0.29, 0.717) is 6.42 Å². The van der Waals surface area contributed by atoms with Crippen LogP contribution in [0.2, 0.25) is 0 Å². The normalized spacial score (nSPS) is 11.9. The highest BCUT2D eigenvalue weighted by atomic mass is 32.1. The van der Waals surface area contributed by atoms with Crippen molar-refractivity contribution < 1.29 is 4.79 Å².